The third-order valence-corrected chi connectivity index (χ3v) is 8.18. The minimum atomic E-state index is -0.585. The van der Waals surface area contributed by atoms with Crippen LogP contribution in [0.1, 0.15) is 70.6 Å². The standard InChI is InChI=1S/C27H39N5O4S/c1-27(2,3)36-22(33)16-30-23(17-8-5-4-6-9-17)26(35)32-13-7-10-20(32)25(34)31-15-18-14-19-21(37-18)11-12-29-24(19)28/h11-12,14,17,20,23,30H,4-10,13,15-16H2,1-3H3,(H2,28,29)(H,31,34). The summed E-state index contributed by atoms with van der Waals surface area (Å²) in [6.45, 7) is 6.36. The summed E-state index contributed by atoms with van der Waals surface area (Å²) in [5.74, 6) is 0.00546. The van der Waals surface area contributed by atoms with E-state index in [1.165, 1.54) is 0 Å². The van der Waals surface area contributed by atoms with Gasteiger partial charge < -0.3 is 20.7 Å². The Morgan fingerprint density at radius 1 is 1.19 bits per heavy atom. The molecule has 2 aliphatic rings. The first kappa shape index (κ1) is 27.3. The summed E-state index contributed by atoms with van der Waals surface area (Å²) >= 11 is 1.57. The van der Waals surface area contributed by atoms with Crippen LogP contribution in [0.4, 0.5) is 5.82 Å². The van der Waals surface area contributed by atoms with Crippen LogP contribution in [0, 0.1) is 5.92 Å². The number of anilines is 1. The molecule has 1 saturated heterocycles. The highest BCUT2D eigenvalue weighted by Gasteiger charge is 2.40. The minimum Gasteiger partial charge on any atom is -0.459 e. The zero-order valence-corrected chi connectivity index (χ0v) is 22.9. The lowest BCUT2D eigenvalue weighted by Crippen LogP contribution is -2.55. The fourth-order valence-corrected chi connectivity index (χ4v) is 6.40. The molecule has 1 aliphatic heterocycles. The first-order valence-electron chi connectivity index (χ1n) is 13.3. The SMILES string of the molecule is CC(C)(C)OC(=O)CNC(C(=O)N1CCCC1C(=O)NCc1cc2c(N)nccc2s1)C1CCCCC1. The van der Waals surface area contributed by atoms with Gasteiger partial charge in [-0.2, -0.15) is 0 Å². The average molecular weight is 530 g/mol. The van der Waals surface area contributed by atoms with Crippen molar-refractivity contribution in [1.29, 1.82) is 0 Å². The lowest BCUT2D eigenvalue weighted by Gasteiger charge is -2.34. The Hall–Kier alpha value is -2.72. The number of pyridine rings is 1. The number of carbonyl (C=O) groups excluding carboxylic acids is 3. The van der Waals surface area contributed by atoms with Crippen LogP contribution in [0.15, 0.2) is 18.3 Å². The molecule has 0 radical (unpaired) electrons. The lowest BCUT2D eigenvalue weighted by atomic mass is 9.83. The van der Waals surface area contributed by atoms with Crippen LogP contribution < -0.4 is 16.4 Å². The summed E-state index contributed by atoms with van der Waals surface area (Å²) in [7, 11) is 0. The van der Waals surface area contributed by atoms with Gasteiger partial charge in [-0.25, -0.2) is 4.98 Å². The maximum atomic E-state index is 13.8. The average Bonchev–Trinajstić information content (AvgIpc) is 3.50. The molecule has 4 rings (SSSR count). The van der Waals surface area contributed by atoms with E-state index in [1.54, 1.807) is 22.4 Å². The molecule has 2 unspecified atom stereocenters. The Bertz CT molecular complexity index is 1120. The Kier molecular flexibility index (Phi) is 8.69. The molecule has 2 fully saturated rings. The maximum Gasteiger partial charge on any atom is 0.320 e. The number of likely N-dealkylation sites (tertiary alicyclic amines) is 1. The van der Waals surface area contributed by atoms with Crippen molar-refractivity contribution < 1.29 is 19.1 Å². The summed E-state index contributed by atoms with van der Waals surface area (Å²) in [6, 6.07) is 2.86. The van der Waals surface area contributed by atoms with E-state index < -0.39 is 17.7 Å². The highest BCUT2D eigenvalue weighted by atomic mass is 32.1. The van der Waals surface area contributed by atoms with Crippen molar-refractivity contribution in [3.63, 3.8) is 0 Å². The van der Waals surface area contributed by atoms with E-state index >= 15 is 0 Å². The number of nitrogens with one attached hydrogen (secondary N) is 2. The second kappa shape index (κ2) is 11.8. The number of amides is 2. The Morgan fingerprint density at radius 2 is 1.95 bits per heavy atom. The van der Waals surface area contributed by atoms with Gasteiger partial charge in [0.2, 0.25) is 11.8 Å². The number of ether oxygens (including phenoxy) is 1. The summed E-state index contributed by atoms with van der Waals surface area (Å²) < 4.78 is 6.47. The summed E-state index contributed by atoms with van der Waals surface area (Å²) in [5.41, 5.74) is 5.38. The van der Waals surface area contributed by atoms with Crippen LogP contribution >= 0.6 is 11.3 Å². The molecule has 202 valence electrons. The van der Waals surface area contributed by atoms with Gasteiger partial charge in [-0.3, -0.25) is 19.7 Å². The number of hydrogen-bond acceptors (Lipinski definition) is 8. The third-order valence-electron chi connectivity index (χ3n) is 7.08. The molecule has 2 aromatic heterocycles. The molecule has 2 aromatic rings. The number of nitrogens with zero attached hydrogens (tertiary/aromatic N) is 2. The van der Waals surface area contributed by atoms with E-state index in [0.29, 0.717) is 25.3 Å². The van der Waals surface area contributed by atoms with Crippen LogP contribution in [-0.4, -0.2) is 58.4 Å². The number of thiophene rings is 1. The number of fused-ring (bicyclic) bond motifs is 1. The largest absolute Gasteiger partial charge is 0.459 e. The minimum absolute atomic E-state index is 0.0290. The van der Waals surface area contributed by atoms with E-state index in [9.17, 15) is 14.4 Å². The van der Waals surface area contributed by atoms with Gasteiger partial charge in [0.15, 0.2) is 0 Å². The number of esters is 1. The van der Waals surface area contributed by atoms with Crippen molar-refractivity contribution >= 4 is 45.0 Å². The molecule has 0 bridgehead atoms. The van der Waals surface area contributed by atoms with Gasteiger partial charge >= 0.3 is 5.97 Å². The van der Waals surface area contributed by atoms with Gasteiger partial charge in [0, 0.05) is 27.7 Å². The third kappa shape index (κ3) is 6.98. The normalized spacial score (nSPS) is 19.6. The number of carbonyl (C=O) groups is 3. The smallest absolute Gasteiger partial charge is 0.320 e. The number of nitrogens with two attached hydrogens (primary N) is 1. The molecular weight excluding hydrogens is 490 g/mol. The Labute approximate surface area is 222 Å². The summed E-state index contributed by atoms with van der Waals surface area (Å²) in [5, 5.41) is 7.12. The van der Waals surface area contributed by atoms with E-state index in [4.69, 9.17) is 10.5 Å². The first-order valence-corrected chi connectivity index (χ1v) is 14.1. The van der Waals surface area contributed by atoms with Gasteiger partial charge in [0.25, 0.3) is 0 Å². The number of aromatic nitrogens is 1. The number of nitrogen functional groups attached to an aromatic ring is 1. The Morgan fingerprint density at radius 3 is 2.65 bits per heavy atom. The molecule has 37 heavy (non-hydrogen) atoms. The molecule has 0 spiro atoms. The fourth-order valence-electron chi connectivity index (χ4n) is 5.39. The molecule has 3 heterocycles. The predicted octanol–water partition coefficient (Wildman–Crippen LogP) is 3.37. The van der Waals surface area contributed by atoms with Crippen molar-refractivity contribution in [1.82, 2.24) is 20.5 Å². The summed E-state index contributed by atoms with van der Waals surface area (Å²) in [4.78, 5) is 46.2. The molecular formula is C27H39N5O4S. The monoisotopic (exact) mass is 529 g/mol. The van der Waals surface area contributed by atoms with Crippen molar-refractivity contribution in [2.24, 2.45) is 5.92 Å². The molecule has 1 saturated carbocycles. The highest BCUT2D eigenvalue weighted by molar-refractivity contribution is 7.19. The van der Waals surface area contributed by atoms with Crippen LogP contribution in [0.2, 0.25) is 0 Å². The van der Waals surface area contributed by atoms with Crippen molar-refractivity contribution in [3.05, 3.63) is 23.2 Å². The molecule has 4 N–H and O–H groups in total. The van der Waals surface area contributed by atoms with E-state index in [1.807, 2.05) is 32.9 Å². The van der Waals surface area contributed by atoms with E-state index in [-0.39, 0.29) is 30.2 Å². The quantitative estimate of drug-likeness (QED) is 0.448. The molecule has 10 heteroatoms. The van der Waals surface area contributed by atoms with Gasteiger partial charge in [-0.05, 0) is 64.5 Å². The van der Waals surface area contributed by atoms with Crippen molar-refractivity contribution in [2.75, 3.05) is 18.8 Å². The zero-order valence-electron chi connectivity index (χ0n) is 22.0. The van der Waals surface area contributed by atoms with Gasteiger partial charge in [0.05, 0.1) is 19.1 Å². The molecule has 2 atom stereocenters. The van der Waals surface area contributed by atoms with Crippen molar-refractivity contribution in [3.8, 4) is 0 Å². The van der Waals surface area contributed by atoms with E-state index in [0.717, 1.165) is 53.5 Å². The number of hydrogen-bond donors (Lipinski definition) is 3. The van der Waals surface area contributed by atoms with Gasteiger partial charge in [-0.1, -0.05) is 19.3 Å². The van der Waals surface area contributed by atoms with Crippen molar-refractivity contribution in [2.45, 2.75) is 89.9 Å². The second-order valence-electron chi connectivity index (χ2n) is 11.1. The lowest BCUT2D eigenvalue weighted by molar-refractivity contribution is -0.154. The van der Waals surface area contributed by atoms with Crippen LogP contribution in [-0.2, 0) is 25.7 Å². The van der Waals surface area contributed by atoms with E-state index in [2.05, 4.69) is 15.6 Å². The molecule has 1 aliphatic carbocycles. The second-order valence-corrected chi connectivity index (χ2v) is 12.2. The molecule has 9 nitrogen and oxygen atoms in total. The van der Waals surface area contributed by atoms with Crippen LogP contribution in [0.25, 0.3) is 10.1 Å². The Balaban J connectivity index is 1.41. The van der Waals surface area contributed by atoms with Crippen LogP contribution in [0.3, 0.4) is 0 Å². The molecule has 2 amide bonds. The number of rotatable bonds is 8. The zero-order chi connectivity index (χ0) is 26.6. The first-order chi connectivity index (χ1) is 17.6. The highest BCUT2D eigenvalue weighted by Crippen LogP contribution is 2.30. The summed E-state index contributed by atoms with van der Waals surface area (Å²) in [6.07, 6.45) is 8.26. The fraction of sp³-hybridized carbons (Fsp3) is 0.630. The van der Waals surface area contributed by atoms with Gasteiger partial charge in [0.1, 0.15) is 17.5 Å². The van der Waals surface area contributed by atoms with Crippen LogP contribution in [0.5, 0.6) is 0 Å². The molecule has 0 aromatic carbocycles. The predicted molar refractivity (Wildman–Crippen MR) is 145 cm³/mol. The topological polar surface area (TPSA) is 127 Å². The van der Waals surface area contributed by atoms with Gasteiger partial charge in [-0.15, -0.1) is 11.3 Å². The maximum absolute atomic E-state index is 13.8.